The van der Waals surface area contributed by atoms with Gasteiger partial charge in [-0.1, -0.05) is 0 Å². The van der Waals surface area contributed by atoms with Gasteiger partial charge in [-0.15, -0.1) is 11.6 Å². The van der Waals surface area contributed by atoms with E-state index in [4.69, 9.17) is 16.3 Å². The minimum Gasteiger partial charge on any atom is -0.486 e. The first kappa shape index (κ1) is 12.1. The van der Waals surface area contributed by atoms with E-state index >= 15 is 0 Å². The van der Waals surface area contributed by atoms with Crippen molar-refractivity contribution in [3.63, 3.8) is 0 Å². The fourth-order valence-corrected chi connectivity index (χ4v) is 1.79. The number of ether oxygens (including phenoxy) is 1. The maximum absolute atomic E-state index is 13.5. The predicted molar refractivity (Wildman–Crippen MR) is 59.5 cm³/mol. The van der Waals surface area contributed by atoms with Crippen LogP contribution in [0.5, 0.6) is 5.75 Å². The van der Waals surface area contributed by atoms with Crippen LogP contribution in [0.4, 0.5) is 14.5 Å². The minimum absolute atomic E-state index is 0.114. The second-order valence-corrected chi connectivity index (χ2v) is 4.32. The Morgan fingerprint density at radius 3 is 2.88 bits per heavy atom. The first-order valence-electron chi connectivity index (χ1n) is 5.08. The van der Waals surface area contributed by atoms with E-state index in [9.17, 15) is 13.6 Å². The number of halogens is 3. The summed E-state index contributed by atoms with van der Waals surface area (Å²) in [6, 6.07) is 2.27. The Hall–Kier alpha value is -1.36. The smallest absolute Gasteiger partial charge is 0.244 e. The van der Waals surface area contributed by atoms with Gasteiger partial charge in [0.15, 0.2) is 11.6 Å². The number of anilines is 1. The molecule has 3 nitrogen and oxygen atoms in total. The van der Waals surface area contributed by atoms with E-state index in [1.807, 2.05) is 0 Å². The number of hydrogen-bond acceptors (Lipinski definition) is 2. The highest BCUT2D eigenvalue weighted by molar-refractivity contribution is 6.32. The highest BCUT2D eigenvalue weighted by Crippen LogP contribution is 2.35. The molecule has 0 spiro atoms. The lowest BCUT2D eigenvalue weighted by molar-refractivity contribution is -0.118. The summed E-state index contributed by atoms with van der Waals surface area (Å²) in [5.41, 5.74) is 0.215. The average molecular weight is 262 g/mol. The van der Waals surface area contributed by atoms with Crippen molar-refractivity contribution >= 4 is 23.2 Å². The third-order valence-electron chi connectivity index (χ3n) is 2.49. The van der Waals surface area contributed by atoms with Crippen LogP contribution in [0.15, 0.2) is 12.1 Å². The van der Waals surface area contributed by atoms with E-state index in [1.165, 1.54) is 17.9 Å². The van der Waals surface area contributed by atoms with Gasteiger partial charge < -0.3 is 9.64 Å². The summed E-state index contributed by atoms with van der Waals surface area (Å²) in [4.78, 5) is 13.1. The molecule has 17 heavy (non-hydrogen) atoms. The molecule has 0 saturated carbocycles. The summed E-state index contributed by atoms with van der Waals surface area (Å²) < 4.78 is 31.5. The number of alkyl halides is 1. The minimum atomic E-state index is -1.08. The number of fused-ring (bicyclic) bond motifs is 1. The van der Waals surface area contributed by atoms with Crippen molar-refractivity contribution < 1.29 is 18.3 Å². The van der Waals surface area contributed by atoms with E-state index in [-0.39, 0.29) is 30.5 Å². The van der Waals surface area contributed by atoms with Gasteiger partial charge in [-0.2, -0.15) is 4.39 Å². The summed E-state index contributed by atoms with van der Waals surface area (Å²) in [7, 11) is 0. The fraction of sp³-hybridized carbons (Fsp3) is 0.364. The van der Waals surface area contributed by atoms with Crippen molar-refractivity contribution in [2.24, 2.45) is 0 Å². The van der Waals surface area contributed by atoms with E-state index in [0.717, 1.165) is 6.07 Å². The number of benzene rings is 1. The quantitative estimate of drug-likeness (QED) is 0.726. The number of hydrogen-bond donors (Lipinski definition) is 0. The van der Waals surface area contributed by atoms with Crippen LogP contribution in [0.3, 0.4) is 0 Å². The van der Waals surface area contributed by atoms with Gasteiger partial charge in [0.05, 0.1) is 12.2 Å². The van der Waals surface area contributed by atoms with Crippen LogP contribution in [-0.2, 0) is 4.79 Å². The fourth-order valence-electron chi connectivity index (χ4n) is 1.67. The maximum atomic E-state index is 13.5. The second kappa shape index (κ2) is 4.49. The molecule has 1 amide bonds. The molecule has 1 aliphatic rings. The molecular formula is C11H10ClF2NO2. The molecule has 0 aromatic heterocycles. The largest absolute Gasteiger partial charge is 0.486 e. The van der Waals surface area contributed by atoms with Crippen LogP contribution in [0.2, 0.25) is 0 Å². The van der Waals surface area contributed by atoms with Gasteiger partial charge in [-0.25, -0.2) is 4.39 Å². The first-order chi connectivity index (χ1) is 8.02. The van der Waals surface area contributed by atoms with Crippen molar-refractivity contribution in [1.29, 1.82) is 0 Å². The van der Waals surface area contributed by atoms with Crippen molar-refractivity contribution in [1.82, 2.24) is 0 Å². The van der Waals surface area contributed by atoms with E-state index in [0.29, 0.717) is 0 Å². The van der Waals surface area contributed by atoms with Crippen LogP contribution < -0.4 is 9.64 Å². The molecule has 0 fully saturated rings. The molecular weight excluding hydrogens is 252 g/mol. The van der Waals surface area contributed by atoms with E-state index < -0.39 is 17.0 Å². The third kappa shape index (κ3) is 2.07. The number of rotatable bonds is 1. The highest BCUT2D eigenvalue weighted by Gasteiger charge is 2.29. The van der Waals surface area contributed by atoms with Crippen molar-refractivity contribution in [2.75, 3.05) is 18.1 Å². The van der Waals surface area contributed by atoms with Crippen molar-refractivity contribution in [3.8, 4) is 5.75 Å². The van der Waals surface area contributed by atoms with Gasteiger partial charge in [0, 0.05) is 0 Å². The molecule has 0 bridgehead atoms. The van der Waals surface area contributed by atoms with Gasteiger partial charge in [-0.3, -0.25) is 4.79 Å². The number of amides is 1. The standard InChI is InChI=1S/C11H10ClF2NO2/c1-6(12)11(16)15-4-5-17-10-8(15)3-2-7(13)9(10)14/h2-3,6H,4-5H2,1H3. The molecule has 0 radical (unpaired) electrons. The first-order valence-corrected chi connectivity index (χ1v) is 5.52. The molecule has 2 rings (SSSR count). The van der Waals surface area contributed by atoms with Crippen LogP contribution in [0.1, 0.15) is 6.92 Å². The molecule has 1 aromatic carbocycles. The Bertz CT molecular complexity index is 465. The van der Waals surface area contributed by atoms with E-state index in [1.54, 1.807) is 0 Å². The zero-order valence-electron chi connectivity index (χ0n) is 9.04. The Labute approximate surface area is 102 Å². The number of carbonyl (C=O) groups excluding carboxylic acids is 1. The molecule has 6 heteroatoms. The predicted octanol–water partition coefficient (Wildman–Crippen LogP) is 2.32. The topological polar surface area (TPSA) is 29.5 Å². The Kier molecular flexibility index (Phi) is 3.19. The van der Waals surface area contributed by atoms with Crippen LogP contribution in [-0.4, -0.2) is 24.4 Å². The Balaban J connectivity index is 2.45. The number of nitrogens with zero attached hydrogens (tertiary/aromatic N) is 1. The summed E-state index contributed by atoms with van der Waals surface area (Å²) in [6.45, 7) is 1.91. The van der Waals surface area contributed by atoms with Gasteiger partial charge >= 0.3 is 0 Å². The summed E-state index contributed by atoms with van der Waals surface area (Å²) >= 11 is 5.70. The molecule has 1 atom stereocenters. The van der Waals surface area contributed by atoms with Crippen molar-refractivity contribution in [2.45, 2.75) is 12.3 Å². The van der Waals surface area contributed by atoms with Gasteiger partial charge in [0.25, 0.3) is 0 Å². The summed E-state index contributed by atoms with van der Waals surface area (Å²) in [5, 5.41) is -0.728. The molecule has 1 aromatic rings. The zero-order chi connectivity index (χ0) is 12.6. The monoisotopic (exact) mass is 261 g/mol. The lowest BCUT2D eigenvalue weighted by Crippen LogP contribution is -2.41. The van der Waals surface area contributed by atoms with Crippen LogP contribution in [0.25, 0.3) is 0 Å². The Morgan fingerprint density at radius 1 is 1.53 bits per heavy atom. The second-order valence-electron chi connectivity index (χ2n) is 3.66. The molecule has 92 valence electrons. The van der Waals surface area contributed by atoms with Crippen LogP contribution >= 0.6 is 11.6 Å². The highest BCUT2D eigenvalue weighted by atomic mass is 35.5. The Morgan fingerprint density at radius 2 is 2.24 bits per heavy atom. The number of carbonyl (C=O) groups is 1. The van der Waals surface area contributed by atoms with Crippen molar-refractivity contribution in [3.05, 3.63) is 23.8 Å². The average Bonchev–Trinajstić information content (AvgIpc) is 2.32. The van der Waals surface area contributed by atoms with E-state index in [2.05, 4.69) is 0 Å². The lowest BCUT2D eigenvalue weighted by atomic mass is 10.2. The normalized spacial score (nSPS) is 16.1. The summed E-state index contributed by atoms with van der Waals surface area (Å²) in [6.07, 6.45) is 0. The molecule has 0 N–H and O–H groups in total. The van der Waals surface area contributed by atoms with Gasteiger partial charge in [0.2, 0.25) is 11.7 Å². The van der Waals surface area contributed by atoms with Gasteiger partial charge in [-0.05, 0) is 19.1 Å². The maximum Gasteiger partial charge on any atom is 0.244 e. The molecule has 0 saturated heterocycles. The molecule has 1 aliphatic heterocycles. The molecule has 0 aliphatic carbocycles. The molecule has 1 unspecified atom stereocenters. The third-order valence-corrected chi connectivity index (χ3v) is 2.67. The molecule has 1 heterocycles. The van der Waals surface area contributed by atoms with Crippen LogP contribution in [0, 0.1) is 11.6 Å². The van der Waals surface area contributed by atoms with Gasteiger partial charge in [0.1, 0.15) is 12.0 Å². The summed E-state index contributed by atoms with van der Waals surface area (Å²) in [5.74, 6) is -2.68. The zero-order valence-corrected chi connectivity index (χ0v) is 9.80. The SMILES string of the molecule is CC(Cl)C(=O)N1CCOc2c1ccc(F)c2F. The lowest BCUT2D eigenvalue weighted by Gasteiger charge is -2.30.